The van der Waals surface area contributed by atoms with E-state index in [0.717, 1.165) is 38.3 Å². The number of benzene rings is 1. The van der Waals surface area contributed by atoms with Gasteiger partial charge in [0, 0.05) is 12.6 Å². The van der Waals surface area contributed by atoms with E-state index in [1.54, 1.807) is 7.05 Å². The molecule has 1 unspecified atom stereocenters. The Morgan fingerprint density at radius 3 is 2.68 bits per heavy atom. The number of halogens is 2. The summed E-state index contributed by atoms with van der Waals surface area (Å²) in [6.07, 6.45) is 4.08. The second-order valence-corrected chi connectivity index (χ2v) is 7.17. The number of ether oxygens (including phenoxy) is 1. The first-order chi connectivity index (χ1) is 12.0. The van der Waals surface area contributed by atoms with Crippen LogP contribution < -0.4 is 5.32 Å². The van der Waals surface area contributed by atoms with Gasteiger partial charge in [-0.2, -0.15) is 0 Å². The number of carbonyl (C=O) groups is 1. The number of likely N-dealkylation sites (N-methyl/N-ethyl adjacent to an activating group) is 1. The van der Waals surface area contributed by atoms with E-state index in [1.165, 1.54) is 12.1 Å². The van der Waals surface area contributed by atoms with Crippen molar-refractivity contribution in [3.63, 3.8) is 0 Å². The van der Waals surface area contributed by atoms with Crippen LogP contribution in [-0.2, 0) is 11.2 Å². The molecule has 138 valence electrons. The number of nitrogens with one attached hydrogen (secondary N) is 1. The lowest BCUT2D eigenvalue weighted by molar-refractivity contribution is 0.0969. The summed E-state index contributed by atoms with van der Waals surface area (Å²) in [5.41, 5.74) is 0.562. The van der Waals surface area contributed by atoms with E-state index in [2.05, 4.69) is 12.2 Å². The molecule has 3 rings (SSSR count). The molecule has 2 saturated heterocycles. The Hall–Kier alpha value is -1.69. The van der Waals surface area contributed by atoms with Gasteiger partial charge < -0.3 is 15.0 Å². The third-order valence-corrected chi connectivity index (χ3v) is 5.45. The van der Waals surface area contributed by atoms with E-state index in [-0.39, 0.29) is 24.3 Å². The summed E-state index contributed by atoms with van der Waals surface area (Å²) < 4.78 is 32.6. The first kappa shape index (κ1) is 18.1. The van der Waals surface area contributed by atoms with Gasteiger partial charge in [0.15, 0.2) is 0 Å². The van der Waals surface area contributed by atoms with Gasteiger partial charge in [-0.3, -0.25) is 0 Å². The van der Waals surface area contributed by atoms with Crippen molar-refractivity contribution < 1.29 is 18.3 Å². The summed E-state index contributed by atoms with van der Waals surface area (Å²) in [5, 5.41) is 3.18. The largest absolute Gasteiger partial charge is 0.442 e. The monoisotopic (exact) mass is 352 g/mol. The van der Waals surface area contributed by atoms with Crippen LogP contribution in [0.4, 0.5) is 13.6 Å². The standard InChI is InChI=1S/C19H26F2N2O2/c1-3-4-12-5-6-23-17(10-12)18(25-19(23)24)16(22-2)9-13-7-14(20)11-15(21)8-13/h7-8,11-12,16-18,22H,3-6,9-10H2,1-2H3/t12?,16-,17-,18-/m0/s1. The second kappa shape index (κ2) is 7.68. The molecule has 1 N–H and O–H groups in total. The molecule has 2 aliphatic heterocycles. The van der Waals surface area contributed by atoms with Gasteiger partial charge in [0.25, 0.3) is 0 Å². The van der Waals surface area contributed by atoms with E-state index in [9.17, 15) is 13.6 Å². The second-order valence-electron chi connectivity index (χ2n) is 7.17. The number of rotatable bonds is 6. The van der Waals surface area contributed by atoms with Crippen molar-refractivity contribution in [1.29, 1.82) is 0 Å². The predicted molar refractivity (Wildman–Crippen MR) is 91.3 cm³/mol. The molecule has 1 amide bonds. The van der Waals surface area contributed by atoms with Crippen molar-refractivity contribution in [1.82, 2.24) is 10.2 Å². The normalized spacial score (nSPS) is 27.1. The number of nitrogens with zero attached hydrogens (tertiary/aromatic N) is 1. The molecule has 0 radical (unpaired) electrons. The number of fused-ring (bicyclic) bond motifs is 1. The average molecular weight is 352 g/mol. The minimum Gasteiger partial charge on any atom is -0.442 e. The van der Waals surface area contributed by atoms with Crippen LogP contribution in [-0.4, -0.2) is 42.8 Å². The SMILES string of the molecule is CCCC1CCN2C(=O)O[C@@H]([C@H](Cc3cc(F)cc(F)c3)NC)[C@@H]2C1. The molecule has 4 atom stereocenters. The summed E-state index contributed by atoms with van der Waals surface area (Å²) in [5.74, 6) is -0.571. The highest BCUT2D eigenvalue weighted by atomic mass is 19.1. The molecular weight excluding hydrogens is 326 g/mol. The Morgan fingerprint density at radius 2 is 2.04 bits per heavy atom. The number of hydrogen-bond donors (Lipinski definition) is 1. The van der Waals surface area contributed by atoms with E-state index >= 15 is 0 Å². The molecular formula is C19H26F2N2O2. The van der Waals surface area contributed by atoms with Gasteiger partial charge in [0.05, 0.1) is 12.1 Å². The van der Waals surface area contributed by atoms with Crippen LogP contribution in [0.5, 0.6) is 0 Å². The van der Waals surface area contributed by atoms with E-state index in [4.69, 9.17) is 4.74 Å². The zero-order valence-corrected chi connectivity index (χ0v) is 14.8. The summed E-state index contributed by atoms with van der Waals surface area (Å²) >= 11 is 0. The van der Waals surface area contributed by atoms with Gasteiger partial charge in [0.2, 0.25) is 0 Å². The van der Waals surface area contributed by atoms with Gasteiger partial charge in [-0.25, -0.2) is 13.6 Å². The highest BCUT2D eigenvalue weighted by molar-refractivity contribution is 5.71. The fourth-order valence-corrected chi connectivity index (χ4v) is 4.26. The molecule has 6 heteroatoms. The van der Waals surface area contributed by atoms with Crippen molar-refractivity contribution in [2.75, 3.05) is 13.6 Å². The number of cyclic esters (lactones) is 1. The highest BCUT2D eigenvalue weighted by Crippen LogP contribution is 2.35. The number of piperidine rings is 1. The van der Waals surface area contributed by atoms with Crippen LogP contribution in [0, 0.1) is 17.6 Å². The van der Waals surface area contributed by atoms with Crippen molar-refractivity contribution in [2.24, 2.45) is 5.92 Å². The Kier molecular flexibility index (Phi) is 5.57. The van der Waals surface area contributed by atoms with E-state index in [1.807, 2.05) is 4.90 Å². The van der Waals surface area contributed by atoms with Gasteiger partial charge in [0.1, 0.15) is 17.7 Å². The predicted octanol–water partition coefficient (Wildman–Crippen LogP) is 3.49. The van der Waals surface area contributed by atoms with Crippen molar-refractivity contribution in [2.45, 2.75) is 57.2 Å². The van der Waals surface area contributed by atoms with Crippen LogP contribution in [0.3, 0.4) is 0 Å². The summed E-state index contributed by atoms with van der Waals surface area (Å²) in [7, 11) is 1.79. The lowest BCUT2D eigenvalue weighted by atomic mass is 9.83. The molecule has 1 aromatic rings. The maximum absolute atomic E-state index is 13.5. The smallest absolute Gasteiger partial charge is 0.410 e. The summed E-state index contributed by atoms with van der Waals surface area (Å²) in [4.78, 5) is 14.0. The zero-order chi connectivity index (χ0) is 18.0. The number of hydrogen-bond acceptors (Lipinski definition) is 3. The van der Waals surface area contributed by atoms with Gasteiger partial charge >= 0.3 is 6.09 Å². The third-order valence-electron chi connectivity index (χ3n) is 5.45. The minimum absolute atomic E-state index is 0.0358. The van der Waals surface area contributed by atoms with E-state index in [0.29, 0.717) is 17.9 Å². The molecule has 2 heterocycles. The van der Waals surface area contributed by atoms with Crippen molar-refractivity contribution in [3.05, 3.63) is 35.4 Å². The van der Waals surface area contributed by atoms with Crippen LogP contribution in [0.25, 0.3) is 0 Å². The fourth-order valence-electron chi connectivity index (χ4n) is 4.26. The zero-order valence-electron chi connectivity index (χ0n) is 14.8. The van der Waals surface area contributed by atoms with Crippen LogP contribution in [0.15, 0.2) is 18.2 Å². The molecule has 0 aromatic heterocycles. The molecule has 25 heavy (non-hydrogen) atoms. The average Bonchev–Trinajstić information content (AvgIpc) is 2.88. The lowest BCUT2D eigenvalue weighted by Gasteiger charge is -2.36. The highest BCUT2D eigenvalue weighted by Gasteiger charge is 2.47. The maximum atomic E-state index is 13.5. The molecule has 2 aliphatic rings. The van der Waals surface area contributed by atoms with Gasteiger partial charge in [-0.05, 0) is 49.9 Å². The number of carbonyl (C=O) groups excluding carboxylic acids is 1. The molecule has 1 aromatic carbocycles. The van der Waals surface area contributed by atoms with E-state index < -0.39 is 11.6 Å². The topological polar surface area (TPSA) is 41.6 Å². The quantitative estimate of drug-likeness (QED) is 0.852. The first-order valence-corrected chi connectivity index (χ1v) is 9.11. The van der Waals surface area contributed by atoms with Crippen molar-refractivity contribution in [3.8, 4) is 0 Å². The molecule has 0 saturated carbocycles. The Balaban J connectivity index is 1.76. The Bertz CT molecular complexity index is 605. The van der Waals surface area contributed by atoms with Crippen LogP contribution in [0.1, 0.15) is 38.2 Å². The van der Waals surface area contributed by atoms with Crippen LogP contribution >= 0.6 is 0 Å². The van der Waals surface area contributed by atoms with Crippen LogP contribution in [0.2, 0.25) is 0 Å². The summed E-state index contributed by atoms with van der Waals surface area (Å²) in [6, 6.07) is 3.39. The third kappa shape index (κ3) is 3.94. The maximum Gasteiger partial charge on any atom is 0.410 e. The minimum atomic E-state index is -0.587. The van der Waals surface area contributed by atoms with Gasteiger partial charge in [-0.15, -0.1) is 0 Å². The number of amides is 1. The first-order valence-electron chi connectivity index (χ1n) is 9.11. The molecule has 0 spiro atoms. The van der Waals surface area contributed by atoms with Gasteiger partial charge in [-0.1, -0.05) is 19.8 Å². The molecule has 0 aliphatic carbocycles. The molecule has 0 bridgehead atoms. The molecule has 2 fully saturated rings. The Morgan fingerprint density at radius 1 is 1.32 bits per heavy atom. The lowest BCUT2D eigenvalue weighted by Crippen LogP contribution is -2.50. The fraction of sp³-hybridized carbons (Fsp3) is 0.632. The molecule has 4 nitrogen and oxygen atoms in total. The van der Waals surface area contributed by atoms with Crippen molar-refractivity contribution >= 4 is 6.09 Å². The Labute approximate surface area is 147 Å². The summed E-state index contributed by atoms with van der Waals surface area (Å²) in [6.45, 7) is 2.91.